The lowest BCUT2D eigenvalue weighted by Crippen LogP contribution is -2.60. The number of rotatable bonds is 7. The lowest BCUT2D eigenvalue weighted by molar-refractivity contribution is -0.243. The fourth-order valence-corrected chi connectivity index (χ4v) is 3.15. The molecule has 1 saturated heterocycles. The minimum atomic E-state index is -1.06. The summed E-state index contributed by atoms with van der Waals surface area (Å²) in [6.45, 7) is 3.62. The third kappa shape index (κ3) is 6.47. The summed E-state index contributed by atoms with van der Waals surface area (Å²) in [5, 5.41) is 0. The van der Waals surface area contributed by atoms with E-state index in [0.717, 1.165) is 5.56 Å². The lowest BCUT2D eigenvalue weighted by Gasteiger charge is -2.43. The monoisotopic (exact) mass is 414 g/mol. The van der Waals surface area contributed by atoms with Gasteiger partial charge in [-0.05, 0) is 5.56 Å². The molecule has 9 heteroatoms. The molecule has 0 saturated carbocycles. The molecular formula is C19H23ClO8. The van der Waals surface area contributed by atoms with Crippen molar-refractivity contribution in [3.8, 4) is 0 Å². The fraction of sp³-hybridized carbons (Fsp3) is 0.526. The van der Waals surface area contributed by atoms with E-state index in [1.165, 1.54) is 20.8 Å². The predicted molar refractivity (Wildman–Crippen MR) is 97.3 cm³/mol. The van der Waals surface area contributed by atoms with Crippen molar-refractivity contribution in [2.45, 2.75) is 57.4 Å². The number of ether oxygens (including phenoxy) is 5. The molecule has 2 rings (SSSR count). The first-order valence-corrected chi connectivity index (χ1v) is 9.14. The van der Waals surface area contributed by atoms with Crippen LogP contribution in [0.25, 0.3) is 0 Å². The summed E-state index contributed by atoms with van der Waals surface area (Å²) in [5.74, 6) is -1.76. The van der Waals surface area contributed by atoms with Crippen molar-refractivity contribution >= 4 is 29.5 Å². The largest absolute Gasteiger partial charge is 0.463 e. The molecule has 0 amide bonds. The first kappa shape index (κ1) is 22.1. The molecule has 28 heavy (non-hydrogen) atoms. The fourth-order valence-electron chi connectivity index (χ4n) is 2.80. The second-order valence-electron chi connectivity index (χ2n) is 6.24. The van der Waals surface area contributed by atoms with E-state index in [1.807, 2.05) is 30.3 Å². The molecule has 1 aromatic carbocycles. The summed E-state index contributed by atoms with van der Waals surface area (Å²) in [6, 6.07) is 9.31. The third-order valence-corrected chi connectivity index (χ3v) is 4.27. The van der Waals surface area contributed by atoms with Gasteiger partial charge in [0.05, 0.1) is 6.61 Å². The molecule has 1 aromatic rings. The zero-order chi connectivity index (χ0) is 20.7. The molecule has 1 aliphatic heterocycles. The number of esters is 3. The van der Waals surface area contributed by atoms with Gasteiger partial charge in [0.15, 0.2) is 17.8 Å². The highest BCUT2D eigenvalue weighted by atomic mass is 35.5. The average Bonchev–Trinajstić information content (AvgIpc) is 2.62. The normalized spacial score (nSPS) is 26.9. The minimum absolute atomic E-state index is 0.178. The number of carbonyl (C=O) groups excluding carboxylic acids is 3. The summed E-state index contributed by atoms with van der Waals surface area (Å²) >= 11 is 6.32. The Labute approximate surface area is 168 Å². The van der Waals surface area contributed by atoms with Gasteiger partial charge in [-0.2, -0.15) is 0 Å². The van der Waals surface area contributed by atoms with E-state index in [2.05, 4.69) is 0 Å². The molecular weight excluding hydrogens is 392 g/mol. The van der Waals surface area contributed by atoms with Crippen molar-refractivity contribution in [3.63, 3.8) is 0 Å². The van der Waals surface area contributed by atoms with Crippen LogP contribution < -0.4 is 0 Å². The van der Waals surface area contributed by atoms with E-state index in [4.69, 9.17) is 35.3 Å². The Morgan fingerprint density at radius 3 is 2.11 bits per heavy atom. The number of alkyl halides is 1. The van der Waals surface area contributed by atoms with Crippen molar-refractivity contribution in [2.24, 2.45) is 0 Å². The highest BCUT2D eigenvalue weighted by Gasteiger charge is 2.50. The Morgan fingerprint density at radius 2 is 1.54 bits per heavy atom. The summed E-state index contributed by atoms with van der Waals surface area (Å²) in [5.41, 5.74) is -0.153. The standard InChI is InChI=1S/C19H23ClO8/c1-11(21)24-10-15-16(26-12(2)22)17(27-13(3)23)18(19(20)28-15)25-9-14-7-5-4-6-8-14/h4-8,15-19H,9-10H2,1-3H3/t15-,16-,17+,18-,19-/m1/s1. The number of benzene rings is 1. The topological polar surface area (TPSA) is 97.4 Å². The van der Waals surface area contributed by atoms with Crippen molar-refractivity contribution in [1.82, 2.24) is 0 Å². The molecule has 0 spiro atoms. The van der Waals surface area contributed by atoms with Gasteiger partial charge in [-0.15, -0.1) is 0 Å². The van der Waals surface area contributed by atoms with Crippen molar-refractivity contribution in [2.75, 3.05) is 6.61 Å². The van der Waals surface area contributed by atoms with E-state index in [9.17, 15) is 14.4 Å². The van der Waals surface area contributed by atoms with Gasteiger partial charge in [0.2, 0.25) is 0 Å². The van der Waals surface area contributed by atoms with Gasteiger partial charge in [0.1, 0.15) is 18.8 Å². The molecule has 8 nitrogen and oxygen atoms in total. The van der Waals surface area contributed by atoms with Crippen LogP contribution in [0.2, 0.25) is 0 Å². The Kier molecular flexibility index (Phi) is 8.22. The van der Waals surface area contributed by atoms with Gasteiger partial charge < -0.3 is 23.7 Å². The Balaban J connectivity index is 2.22. The lowest BCUT2D eigenvalue weighted by atomic mass is 9.99. The van der Waals surface area contributed by atoms with Crippen molar-refractivity contribution in [3.05, 3.63) is 35.9 Å². The maximum atomic E-state index is 11.7. The zero-order valence-electron chi connectivity index (χ0n) is 15.8. The van der Waals surface area contributed by atoms with E-state index in [0.29, 0.717) is 0 Å². The molecule has 1 heterocycles. The second kappa shape index (κ2) is 10.4. The van der Waals surface area contributed by atoms with Crippen LogP contribution in [0.1, 0.15) is 26.3 Å². The molecule has 0 aliphatic carbocycles. The quantitative estimate of drug-likeness (QED) is 0.379. The smallest absolute Gasteiger partial charge is 0.303 e. The van der Waals surface area contributed by atoms with Crippen LogP contribution in [0.5, 0.6) is 0 Å². The van der Waals surface area contributed by atoms with Crippen LogP contribution in [0.3, 0.4) is 0 Å². The Hall–Kier alpha value is -2.16. The van der Waals surface area contributed by atoms with E-state index in [-0.39, 0.29) is 13.2 Å². The maximum Gasteiger partial charge on any atom is 0.303 e. The molecule has 0 radical (unpaired) electrons. The van der Waals surface area contributed by atoms with Crippen LogP contribution in [-0.4, -0.2) is 54.5 Å². The van der Waals surface area contributed by atoms with Crippen LogP contribution in [-0.2, 0) is 44.7 Å². The predicted octanol–water partition coefficient (Wildman–Crippen LogP) is 1.96. The number of hydrogen-bond acceptors (Lipinski definition) is 8. The molecule has 154 valence electrons. The Morgan fingerprint density at radius 1 is 0.929 bits per heavy atom. The SMILES string of the molecule is CC(=O)OC[C@H]1O[C@@H](Cl)[C@H](OCc2ccccc2)[C@@H](OC(C)=O)[C@@H]1OC(C)=O. The van der Waals surface area contributed by atoms with Crippen molar-refractivity contribution < 1.29 is 38.1 Å². The third-order valence-electron chi connectivity index (χ3n) is 3.92. The Bertz CT molecular complexity index is 680. The summed E-state index contributed by atoms with van der Waals surface area (Å²) in [7, 11) is 0. The zero-order valence-corrected chi connectivity index (χ0v) is 16.6. The molecule has 0 bridgehead atoms. The highest BCUT2D eigenvalue weighted by molar-refractivity contribution is 6.20. The molecule has 0 N–H and O–H groups in total. The molecule has 1 fully saturated rings. The molecule has 1 aliphatic rings. The maximum absolute atomic E-state index is 11.7. The van der Waals surface area contributed by atoms with Crippen molar-refractivity contribution in [1.29, 1.82) is 0 Å². The first-order chi connectivity index (χ1) is 13.3. The minimum Gasteiger partial charge on any atom is -0.463 e. The summed E-state index contributed by atoms with van der Waals surface area (Å²) in [6.07, 6.45) is -3.93. The van der Waals surface area contributed by atoms with Gasteiger partial charge in [0.25, 0.3) is 0 Å². The van der Waals surface area contributed by atoms with Gasteiger partial charge in [-0.3, -0.25) is 14.4 Å². The van der Waals surface area contributed by atoms with E-state index in [1.54, 1.807) is 0 Å². The van der Waals surface area contributed by atoms with Crippen LogP contribution in [0, 0.1) is 0 Å². The second-order valence-corrected chi connectivity index (χ2v) is 6.67. The van der Waals surface area contributed by atoms with E-state index < -0.39 is 47.9 Å². The number of hydrogen-bond donors (Lipinski definition) is 0. The van der Waals surface area contributed by atoms with Crippen LogP contribution >= 0.6 is 11.6 Å². The number of carbonyl (C=O) groups is 3. The van der Waals surface area contributed by atoms with E-state index >= 15 is 0 Å². The van der Waals surface area contributed by atoms with Crippen LogP contribution in [0.4, 0.5) is 0 Å². The first-order valence-electron chi connectivity index (χ1n) is 8.70. The molecule has 0 aromatic heterocycles. The van der Waals surface area contributed by atoms with Gasteiger partial charge in [0, 0.05) is 20.8 Å². The average molecular weight is 415 g/mol. The highest BCUT2D eigenvalue weighted by Crippen LogP contribution is 2.31. The number of halogens is 1. The van der Waals surface area contributed by atoms with Gasteiger partial charge >= 0.3 is 17.9 Å². The van der Waals surface area contributed by atoms with Gasteiger partial charge in [-0.25, -0.2) is 0 Å². The van der Waals surface area contributed by atoms with Crippen LogP contribution in [0.15, 0.2) is 30.3 Å². The molecule has 0 unspecified atom stereocenters. The summed E-state index contributed by atoms with van der Waals surface area (Å²) < 4.78 is 27.1. The molecule has 5 atom stereocenters. The van der Waals surface area contributed by atoms with Gasteiger partial charge in [-0.1, -0.05) is 41.9 Å². The summed E-state index contributed by atoms with van der Waals surface area (Å²) in [4.78, 5) is 34.4.